The molecule has 1 aromatic carbocycles. The highest BCUT2D eigenvalue weighted by atomic mass is 19.1. The van der Waals surface area contributed by atoms with Crippen LogP contribution in [0, 0.1) is 0 Å². The van der Waals surface area contributed by atoms with E-state index in [0.29, 0.717) is 0 Å². The summed E-state index contributed by atoms with van der Waals surface area (Å²) in [6, 6.07) is 9.87. The van der Waals surface area contributed by atoms with E-state index < -0.39 is 12.1 Å². The highest BCUT2D eigenvalue weighted by molar-refractivity contribution is 5.90. The minimum absolute atomic E-state index is 0.0403. The summed E-state index contributed by atoms with van der Waals surface area (Å²) in [5.74, 6) is 0.0595. The van der Waals surface area contributed by atoms with Crippen LogP contribution in [0.1, 0.15) is 24.8 Å². The van der Waals surface area contributed by atoms with Crippen molar-refractivity contribution in [3.63, 3.8) is 0 Å². The van der Waals surface area contributed by atoms with Gasteiger partial charge in [0.1, 0.15) is 5.78 Å². The fourth-order valence-corrected chi connectivity index (χ4v) is 2.81. The lowest BCUT2D eigenvalue weighted by Crippen LogP contribution is -2.46. The average Bonchev–Trinajstić information content (AvgIpc) is 2.41. The van der Waals surface area contributed by atoms with Crippen molar-refractivity contribution in [3.8, 4) is 0 Å². The Kier molecular flexibility index (Phi) is 4.12. The van der Waals surface area contributed by atoms with Crippen LogP contribution in [0.15, 0.2) is 30.3 Å². The molecule has 1 aliphatic rings. The van der Waals surface area contributed by atoms with Crippen molar-refractivity contribution in [1.82, 2.24) is 4.90 Å². The fourth-order valence-electron chi connectivity index (χ4n) is 2.81. The number of nitrogens with zero attached hydrogens (tertiary/aromatic N) is 1. The minimum atomic E-state index is -0.552. The van der Waals surface area contributed by atoms with Crippen molar-refractivity contribution >= 4 is 5.78 Å². The summed E-state index contributed by atoms with van der Waals surface area (Å²) in [7, 11) is 2.06. The predicted octanol–water partition coefficient (Wildman–Crippen LogP) is 2.58. The van der Waals surface area contributed by atoms with Crippen molar-refractivity contribution < 1.29 is 9.18 Å². The Hall–Kier alpha value is -1.22. The van der Waals surface area contributed by atoms with Crippen LogP contribution in [-0.4, -0.2) is 37.5 Å². The quantitative estimate of drug-likeness (QED) is 0.817. The fraction of sp³-hybridized carbons (Fsp3) is 0.533. The first-order valence-electron chi connectivity index (χ1n) is 6.52. The molecule has 2 nitrogen and oxygen atoms in total. The first-order valence-corrected chi connectivity index (χ1v) is 6.52. The molecule has 0 N–H and O–H groups in total. The molecule has 1 aliphatic heterocycles. The second kappa shape index (κ2) is 5.61. The lowest BCUT2D eigenvalue weighted by atomic mass is 9.69. The number of Topliss-reactive ketones (excluding diaryl/α,β-unsaturated/α-hetero) is 1. The number of benzene rings is 1. The molecule has 0 unspecified atom stereocenters. The third kappa shape index (κ3) is 2.46. The molecule has 1 saturated heterocycles. The molecule has 0 aromatic heterocycles. The highest BCUT2D eigenvalue weighted by Gasteiger charge is 2.41. The topological polar surface area (TPSA) is 20.3 Å². The predicted molar refractivity (Wildman–Crippen MR) is 70.5 cm³/mol. The van der Waals surface area contributed by atoms with E-state index >= 15 is 0 Å². The van der Waals surface area contributed by atoms with Gasteiger partial charge in [0.2, 0.25) is 0 Å². The van der Waals surface area contributed by atoms with Crippen molar-refractivity contribution in [2.24, 2.45) is 0 Å². The SMILES string of the molecule is CN1CCC(C(=O)CCF)(c2ccccc2)CC1. The molecule has 1 heterocycles. The van der Waals surface area contributed by atoms with Gasteiger partial charge in [0.05, 0.1) is 12.1 Å². The third-order valence-electron chi connectivity index (χ3n) is 4.02. The zero-order valence-electron chi connectivity index (χ0n) is 10.9. The molecule has 0 saturated carbocycles. The number of piperidine rings is 1. The molecule has 2 rings (SSSR count). The first kappa shape index (κ1) is 13.2. The molecular formula is C15H20FNO. The van der Waals surface area contributed by atoms with Crippen LogP contribution in [-0.2, 0) is 10.2 Å². The Labute approximate surface area is 108 Å². The van der Waals surface area contributed by atoms with E-state index in [9.17, 15) is 9.18 Å². The molecule has 0 atom stereocenters. The van der Waals surface area contributed by atoms with E-state index in [-0.39, 0.29) is 12.2 Å². The molecule has 0 aliphatic carbocycles. The van der Waals surface area contributed by atoms with Gasteiger partial charge in [-0.05, 0) is 38.5 Å². The Bertz CT molecular complexity index is 396. The summed E-state index contributed by atoms with van der Waals surface area (Å²) in [6.07, 6.45) is 1.64. The number of alkyl halides is 1. The van der Waals surface area contributed by atoms with Crippen molar-refractivity contribution in [2.75, 3.05) is 26.8 Å². The molecule has 0 bridgehead atoms. The normalized spacial score (nSPS) is 19.7. The second-order valence-corrected chi connectivity index (χ2v) is 5.11. The Morgan fingerprint density at radius 3 is 2.44 bits per heavy atom. The van der Waals surface area contributed by atoms with Crippen LogP contribution in [0.5, 0.6) is 0 Å². The van der Waals surface area contributed by atoms with Gasteiger partial charge in [-0.25, -0.2) is 0 Å². The second-order valence-electron chi connectivity index (χ2n) is 5.11. The van der Waals surface area contributed by atoms with Crippen molar-refractivity contribution in [2.45, 2.75) is 24.7 Å². The van der Waals surface area contributed by atoms with Crippen LogP contribution in [0.3, 0.4) is 0 Å². The maximum atomic E-state index is 12.5. The van der Waals surface area contributed by atoms with Gasteiger partial charge in [0, 0.05) is 6.42 Å². The van der Waals surface area contributed by atoms with Crippen molar-refractivity contribution in [3.05, 3.63) is 35.9 Å². The smallest absolute Gasteiger partial charge is 0.146 e. The molecule has 1 aromatic rings. The van der Waals surface area contributed by atoms with Gasteiger partial charge in [-0.3, -0.25) is 9.18 Å². The number of hydrogen-bond donors (Lipinski definition) is 0. The zero-order chi connectivity index (χ0) is 13.0. The summed E-state index contributed by atoms with van der Waals surface area (Å²) < 4.78 is 12.5. The monoisotopic (exact) mass is 249 g/mol. The number of rotatable bonds is 4. The van der Waals surface area contributed by atoms with Gasteiger partial charge in [-0.15, -0.1) is 0 Å². The number of likely N-dealkylation sites (tertiary alicyclic amines) is 1. The van der Waals surface area contributed by atoms with Gasteiger partial charge in [-0.2, -0.15) is 0 Å². The summed E-state index contributed by atoms with van der Waals surface area (Å²) in [5, 5.41) is 0. The van der Waals surface area contributed by atoms with Gasteiger partial charge in [0.25, 0.3) is 0 Å². The lowest BCUT2D eigenvalue weighted by Gasteiger charge is -2.40. The van der Waals surface area contributed by atoms with E-state index in [1.54, 1.807) is 0 Å². The maximum absolute atomic E-state index is 12.5. The Morgan fingerprint density at radius 1 is 1.28 bits per heavy atom. The summed E-state index contributed by atoms with van der Waals surface area (Å²) in [4.78, 5) is 14.6. The highest BCUT2D eigenvalue weighted by Crippen LogP contribution is 2.37. The summed E-state index contributed by atoms with van der Waals surface area (Å²) in [5.41, 5.74) is 0.594. The number of ketones is 1. The van der Waals surface area contributed by atoms with Gasteiger partial charge < -0.3 is 4.90 Å². The standard InChI is InChI=1S/C15H20FNO/c1-17-11-8-15(9-12-17,14(18)7-10-16)13-5-3-2-4-6-13/h2-6H,7-12H2,1H3. The Morgan fingerprint density at radius 2 is 1.89 bits per heavy atom. The molecule has 0 radical (unpaired) electrons. The van der Waals surface area contributed by atoms with Gasteiger partial charge >= 0.3 is 0 Å². The van der Waals surface area contributed by atoms with Crippen LogP contribution in [0.2, 0.25) is 0 Å². The summed E-state index contributed by atoms with van der Waals surface area (Å²) in [6.45, 7) is 1.24. The minimum Gasteiger partial charge on any atom is -0.306 e. The molecule has 18 heavy (non-hydrogen) atoms. The molecule has 0 spiro atoms. The van der Waals surface area contributed by atoms with E-state index in [4.69, 9.17) is 0 Å². The van der Waals surface area contributed by atoms with Crippen LogP contribution in [0.4, 0.5) is 4.39 Å². The van der Waals surface area contributed by atoms with E-state index in [0.717, 1.165) is 31.5 Å². The number of carbonyl (C=O) groups is 1. The number of carbonyl (C=O) groups excluding carboxylic acids is 1. The van der Waals surface area contributed by atoms with Gasteiger partial charge in [0.15, 0.2) is 0 Å². The van der Waals surface area contributed by atoms with E-state index in [1.807, 2.05) is 30.3 Å². The molecular weight excluding hydrogens is 229 g/mol. The van der Waals surface area contributed by atoms with Crippen LogP contribution >= 0.6 is 0 Å². The Balaban J connectivity index is 2.31. The molecule has 98 valence electrons. The van der Waals surface area contributed by atoms with Crippen LogP contribution in [0.25, 0.3) is 0 Å². The van der Waals surface area contributed by atoms with E-state index in [2.05, 4.69) is 11.9 Å². The number of hydrogen-bond acceptors (Lipinski definition) is 2. The zero-order valence-corrected chi connectivity index (χ0v) is 10.9. The van der Waals surface area contributed by atoms with E-state index in [1.165, 1.54) is 0 Å². The van der Waals surface area contributed by atoms with Crippen molar-refractivity contribution in [1.29, 1.82) is 0 Å². The molecule has 3 heteroatoms. The first-order chi connectivity index (χ1) is 8.69. The average molecular weight is 249 g/mol. The molecule has 1 fully saturated rings. The van der Waals surface area contributed by atoms with Crippen LogP contribution < -0.4 is 0 Å². The summed E-state index contributed by atoms with van der Waals surface area (Å²) >= 11 is 0. The maximum Gasteiger partial charge on any atom is 0.146 e. The largest absolute Gasteiger partial charge is 0.306 e. The number of halogens is 1. The molecule has 0 amide bonds. The third-order valence-corrected chi connectivity index (χ3v) is 4.02. The van der Waals surface area contributed by atoms with Gasteiger partial charge in [-0.1, -0.05) is 30.3 Å². The lowest BCUT2D eigenvalue weighted by molar-refractivity contribution is -0.126.